The van der Waals surface area contributed by atoms with E-state index in [2.05, 4.69) is 27.1 Å². The van der Waals surface area contributed by atoms with E-state index in [4.69, 9.17) is 0 Å². The molecule has 0 spiro atoms. The SMILES string of the molecule is CC(C)NC(=O)c1ccc(N2CCN(C)CC2)cn1. The molecule has 19 heavy (non-hydrogen) atoms. The predicted octanol–water partition coefficient (Wildman–Crippen LogP) is 0.972. The molecule has 0 atom stereocenters. The fraction of sp³-hybridized carbons (Fsp3) is 0.571. The first kappa shape index (κ1) is 13.8. The minimum absolute atomic E-state index is 0.111. The van der Waals surface area contributed by atoms with E-state index in [1.54, 1.807) is 12.3 Å². The Labute approximate surface area is 114 Å². The van der Waals surface area contributed by atoms with E-state index in [0.29, 0.717) is 5.69 Å². The van der Waals surface area contributed by atoms with Gasteiger partial charge < -0.3 is 15.1 Å². The summed E-state index contributed by atoms with van der Waals surface area (Å²) in [5, 5.41) is 2.84. The molecule has 0 aromatic carbocycles. The van der Waals surface area contributed by atoms with Gasteiger partial charge in [0, 0.05) is 32.2 Å². The Morgan fingerprint density at radius 3 is 2.47 bits per heavy atom. The number of anilines is 1. The zero-order valence-corrected chi connectivity index (χ0v) is 11.9. The molecule has 1 saturated heterocycles. The van der Waals surface area contributed by atoms with Crippen molar-refractivity contribution in [2.75, 3.05) is 38.1 Å². The highest BCUT2D eigenvalue weighted by Gasteiger charge is 2.15. The topological polar surface area (TPSA) is 48.5 Å². The van der Waals surface area contributed by atoms with Gasteiger partial charge in [0.05, 0.1) is 11.9 Å². The lowest BCUT2D eigenvalue weighted by Crippen LogP contribution is -2.44. The molecule has 0 aliphatic carbocycles. The third-order valence-electron chi connectivity index (χ3n) is 3.27. The summed E-state index contributed by atoms with van der Waals surface area (Å²) in [5.74, 6) is -0.111. The summed E-state index contributed by atoms with van der Waals surface area (Å²) in [5.41, 5.74) is 1.57. The Morgan fingerprint density at radius 1 is 1.26 bits per heavy atom. The molecule has 104 valence electrons. The number of nitrogens with zero attached hydrogens (tertiary/aromatic N) is 3. The minimum atomic E-state index is -0.111. The van der Waals surface area contributed by atoms with Crippen molar-refractivity contribution in [2.24, 2.45) is 0 Å². The number of hydrogen-bond acceptors (Lipinski definition) is 4. The average molecular weight is 262 g/mol. The molecule has 1 N–H and O–H groups in total. The van der Waals surface area contributed by atoms with Crippen LogP contribution in [0, 0.1) is 0 Å². The molecular formula is C14H22N4O. The third kappa shape index (κ3) is 3.67. The van der Waals surface area contributed by atoms with Gasteiger partial charge in [-0.05, 0) is 33.0 Å². The number of nitrogens with one attached hydrogen (secondary N) is 1. The largest absolute Gasteiger partial charge is 0.368 e. The molecule has 0 bridgehead atoms. The lowest BCUT2D eigenvalue weighted by molar-refractivity contribution is 0.0938. The Hall–Kier alpha value is -1.62. The molecule has 1 fully saturated rings. The predicted molar refractivity (Wildman–Crippen MR) is 76.5 cm³/mol. The number of rotatable bonds is 3. The van der Waals surface area contributed by atoms with E-state index >= 15 is 0 Å². The van der Waals surface area contributed by atoms with Crippen molar-refractivity contribution in [3.8, 4) is 0 Å². The first-order chi connectivity index (χ1) is 9.06. The fourth-order valence-electron chi connectivity index (χ4n) is 2.11. The fourth-order valence-corrected chi connectivity index (χ4v) is 2.11. The maximum Gasteiger partial charge on any atom is 0.270 e. The van der Waals surface area contributed by atoms with Gasteiger partial charge in [0.1, 0.15) is 5.69 Å². The number of pyridine rings is 1. The number of carbonyl (C=O) groups excluding carboxylic acids is 1. The molecule has 5 nitrogen and oxygen atoms in total. The highest BCUT2D eigenvalue weighted by Crippen LogP contribution is 2.15. The molecule has 2 rings (SSSR count). The average Bonchev–Trinajstić information content (AvgIpc) is 2.39. The molecule has 1 aliphatic heterocycles. The smallest absolute Gasteiger partial charge is 0.270 e. The van der Waals surface area contributed by atoms with Gasteiger partial charge in [-0.2, -0.15) is 0 Å². The second kappa shape index (κ2) is 6.02. The zero-order valence-electron chi connectivity index (χ0n) is 11.9. The summed E-state index contributed by atoms with van der Waals surface area (Å²) in [4.78, 5) is 20.7. The lowest BCUT2D eigenvalue weighted by Gasteiger charge is -2.33. The number of aromatic nitrogens is 1. The van der Waals surface area contributed by atoms with Gasteiger partial charge in [-0.1, -0.05) is 0 Å². The highest BCUT2D eigenvalue weighted by atomic mass is 16.1. The molecule has 1 amide bonds. The Morgan fingerprint density at radius 2 is 1.95 bits per heavy atom. The second-order valence-corrected chi connectivity index (χ2v) is 5.32. The van der Waals surface area contributed by atoms with Crippen LogP contribution >= 0.6 is 0 Å². The molecule has 2 heterocycles. The second-order valence-electron chi connectivity index (χ2n) is 5.32. The van der Waals surface area contributed by atoms with Crippen LogP contribution < -0.4 is 10.2 Å². The van der Waals surface area contributed by atoms with Crippen LogP contribution in [0.25, 0.3) is 0 Å². The zero-order chi connectivity index (χ0) is 13.8. The van der Waals surface area contributed by atoms with Gasteiger partial charge in [-0.15, -0.1) is 0 Å². The van der Waals surface area contributed by atoms with Crippen molar-refractivity contribution in [3.63, 3.8) is 0 Å². The standard InChI is InChI=1S/C14H22N4O/c1-11(2)16-14(19)13-5-4-12(10-15-13)18-8-6-17(3)7-9-18/h4-5,10-11H,6-9H2,1-3H3,(H,16,19). The van der Waals surface area contributed by atoms with Crippen LogP contribution in [-0.2, 0) is 0 Å². The third-order valence-corrected chi connectivity index (χ3v) is 3.27. The number of amides is 1. The van der Waals surface area contributed by atoms with Crippen LogP contribution in [0.3, 0.4) is 0 Å². The molecule has 1 aliphatic rings. The van der Waals surface area contributed by atoms with Crippen molar-refractivity contribution in [1.29, 1.82) is 0 Å². The first-order valence-corrected chi connectivity index (χ1v) is 6.76. The number of carbonyl (C=O) groups is 1. The molecule has 0 unspecified atom stereocenters. The highest BCUT2D eigenvalue weighted by molar-refractivity contribution is 5.92. The molecule has 0 radical (unpaired) electrons. The summed E-state index contributed by atoms with van der Waals surface area (Å²) in [6, 6.07) is 3.91. The number of likely N-dealkylation sites (N-methyl/N-ethyl adjacent to an activating group) is 1. The van der Waals surface area contributed by atoms with Crippen LogP contribution in [0.5, 0.6) is 0 Å². The van der Waals surface area contributed by atoms with E-state index in [0.717, 1.165) is 31.9 Å². The Kier molecular flexibility index (Phi) is 4.37. The van der Waals surface area contributed by atoms with Gasteiger partial charge in [-0.25, -0.2) is 4.98 Å². The van der Waals surface area contributed by atoms with Crippen LogP contribution in [0.15, 0.2) is 18.3 Å². The summed E-state index contributed by atoms with van der Waals surface area (Å²) < 4.78 is 0. The van der Waals surface area contributed by atoms with E-state index in [1.807, 2.05) is 19.9 Å². The normalized spacial score (nSPS) is 16.7. The molecule has 1 aromatic heterocycles. The van der Waals surface area contributed by atoms with Crippen molar-refractivity contribution < 1.29 is 4.79 Å². The summed E-state index contributed by atoms with van der Waals surface area (Å²) >= 11 is 0. The van der Waals surface area contributed by atoms with Crippen LogP contribution in [-0.4, -0.2) is 55.1 Å². The summed E-state index contributed by atoms with van der Waals surface area (Å²) in [6.45, 7) is 8.03. The van der Waals surface area contributed by atoms with Gasteiger partial charge >= 0.3 is 0 Å². The Balaban J connectivity index is 2.00. The quantitative estimate of drug-likeness (QED) is 0.882. The number of hydrogen-bond donors (Lipinski definition) is 1. The van der Waals surface area contributed by atoms with Gasteiger partial charge in [0.2, 0.25) is 0 Å². The van der Waals surface area contributed by atoms with E-state index in [1.165, 1.54) is 0 Å². The van der Waals surface area contributed by atoms with Gasteiger partial charge in [-0.3, -0.25) is 4.79 Å². The maximum atomic E-state index is 11.8. The van der Waals surface area contributed by atoms with Crippen molar-refractivity contribution >= 4 is 11.6 Å². The van der Waals surface area contributed by atoms with Crippen molar-refractivity contribution in [1.82, 2.24) is 15.2 Å². The monoisotopic (exact) mass is 262 g/mol. The van der Waals surface area contributed by atoms with E-state index in [-0.39, 0.29) is 11.9 Å². The van der Waals surface area contributed by atoms with E-state index < -0.39 is 0 Å². The first-order valence-electron chi connectivity index (χ1n) is 6.76. The summed E-state index contributed by atoms with van der Waals surface area (Å²) in [6.07, 6.45) is 1.79. The summed E-state index contributed by atoms with van der Waals surface area (Å²) in [7, 11) is 2.13. The number of piperazine rings is 1. The molecule has 0 saturated carbocycles. The maximum absolute atomic E-state index is 11.8. The Bertz CT molecular complexity index is 422. The minimum Gasteiger partial charge on any atom is -0.368 e. The van der Waals surface area contributed by atoms with Crippen LogP contribution in [0.1, 0.15) is 24.3 Å². The van der Waals surface area contributed by atoms with Crippen molar-refractivity contribution in [2.45, 2.75) is 19.9 Å². The molecular weight excluding hydrogens is 240 g/mol. The van der Waals surface area contributed by atoms with E-state index in [9.17, 15) is 4.79 Å². The molecule has 5 heteroatoms. The lowest BCUT2D eigenvalue weighted by atomic mass is 10.2. The van der Waals surface area contributed by atoms with Crippen LogP contribution in [0.2, 0.25) is 0 Å². The molecule has 1 aromatic rings. The van der Waals surface area contributed by atoms with Crippen LogP contribution in [0.4, 0.5) is 5.69 Å². The van der Waals surface area contributed by atoms with Gasteiger partial charge in [0.15, 0.2) is 0 Å². The van der Waals surface area contributed by atoms with Crippen molar-refractivity contribution in [3.05, 3.63) is 24.0 Å². The van der Waals surface area contributed by atoms with Gasteiger partial charge in [0.25, 0.3) is 5.91 Å².